The van der Waals surface area contributed by atoms with Gasteiger partial charge in [-0.05, 0) is 18.0 Å². The molecule has 0 spiro atoms. The van der Waals surface area contributed by atoms with Crippen LogP contribution in [0.3, 0.4) is 0 Å². The Labute approximate surface area is 78.1 Å². The van der Waals surface area contributed by atoms with E-state index >= 15 is 0 Å². The number of halogens is 3. The summed E-state index contributed by atoms with van der Waals surface area (Å²) in [5.41, 5.74) is 0. The lowest BCUT2D eigenvalue weighted by molar-refractivity contribution is 0.177. The van der Waals surface area contributed by atoms with Crippen LogP contribution in [0.2, 0.25) is 0 Å². The molecule has 0 aliphatic carbocycles. The van der Waals surface area contributed by atoms with Crippen LogP contribution in [0.4, 0.5) is 4.79 Å². The van der Waals surface area contributed by atoms with E-state index in [2.05, 4.69) is 4.74 Å². The number of carbonyl (C=O) groups excluding carboxylic acids is 1. The van der Waals surface area contributed by atoms with Gasteiger partial charge in [-0.1, -0.05) is 34.8 Å². The molecule has 0 unspecified atom stereocenters. The van der Waals surface area contributed by atoms with Gasteiger partial charge in [0.05, 0.1) is 0 Å². The van der Waals surface area contributed by atoms with Crippen LogP contribution >= 0.6 is 46.6 Å². The molecule has 0 aromatic rings. The molecule has 6 heteroatoms. The molecule has 0 N–H and O–H groups in total. The average Bonchev–Trinajstić information content (AvgIpc) is 1.81. The topological polar surface area (TPSA) is 26.3 Å². The Morgan fingerprint density at radius 3 is 2.40 bits per heavy atom. The van der Waals surface area contributed by atoms with Crippen LogP contribution in [0.1, 0.15) is 0 Å². The largest absolute Gasteiger partial charge is 0.453 e. The number of hydrogen-bond acceptors (Lipinski definition) is 3. The summed E-state index contributed by atoms with van der Waals surface area (Å²) in [5.74, 6) is 0. The zero-order valence-electron chi connectivity index (χ0n) is 5.07. The van der Waals surface area contributed by atoms with E-state index < -0.39 is 9.09 Å². The van der Waals surface area contributed by atoms with Crippen molar-refractivity contribution in [2.24, 2.45) is 0 Å². The third kappa shape index (κ3) is 6.81. The van der Waals surface area contributed by atoms with Crippen molar-refractivity contribution in [3.63, 3.8) is 0 Å². The van der Waals surface area contributed by atoms with E-state index in [9.17, 15) is 4.79 Å². The number of carbonyl (C=O) groups is 1. The molecule has 0 saturated heterocycles. The van der Waals surface area contributed by atoms with Crippen LogP contribution in [0, 0.1) is 0 Å². The molecular formula is C4H5Cl3O2S. The average molecular weight is 224 g/mol. The Hall–Kier alpha value is 0.690. The maximum absolute atomic E-state index is 10.4. The highest BCUT2D eigenvalue weighted by Crippen LogP contribution is 2.26. The van der Waals surface area contributed by atoms with Crippen LogP contribution in [0.5, 0.6) is 0 Å². The van der Waals surface area contributed by atoms with Gasteiger partial charge in [0.15, 0.2) is 0 Å². The predicted molar refractivity (Wildman–Crippen MR) is 45.2 cm³/mol. The van der Waals surface area contributed by atoms with Crippen molar-refractivity contribution < 1.29 is 9.53 Å². The SMILES string of the molecule is CSC(=O)OCC(Cl)(Cl)Cl. The Morgan fingerprint density at radius 2 is 2.10 bits per heavy atom. The van der Waals surface area contributed by atoms with Crippen LogP contribution < -0.4 is 0 Å². The minimum absolute atomic E-state index is 0.211. The summed E-state index contributed by atoms with van der Waals surface area (Å²) in [4.78, 5) is 10.4. The van der Waals surface area contributed by atoms with Gasteiger partial charge in [0.1, 0.15) is 6.61 Å². The molecule has 0 atom stereocenters. The fourth-order valence-corrected chi connectivity index (χ4v) is 0.540. The lowest BCUT2D eigenvalue weighted by atomic mass is 10.8. The molecule has 60 valence electrons. The molecule has 0 aliphatic rings. The Morgan fingerprint density at radius 1 is 1.60 bits per heavy atom. The van der Waals surface area contributed by atoms with Gasteiger partial charge in [0.2, 0.25) is 3.79 Å². The summed E-state index contributed by atoms with van der Waals surface area (Å²) < 4.78 is 2.98. The van der Waals surface area contributed by atoms with E-state index in [1.54, 1.807) is 6.26 Å². The summed E-state index contributed by atoms with van der Waals surface area (Å²) >= 11 is 16.8. The van der Waals surface area contributed by atoms with Crippen molar-refractivity contribution in [1.82, 2.24) is 0 Å². The van der Waals surface area contributed by atoms with Crippen molar-refractivity contribution in [3.8, 4) is 0 Å². The van der Waals surface area contributed by atoms with Gasteiger partial charge in [0.25, 0.3) is 0 Å². The van der Waals surface area contributed by atoms with Crippen molar-refractivity contribution in [1.29, 1.82) is 0 Å². The van der Waals surface area contributed by atoms with Gasteiger partial charge >= 0.3 is 5.30 Å². The highest BCUT2D eigenvalue weighted by Gasteiger charge is 2.21. The Kier molecular flexibility index (Phi) is 4.86. The van der Waals surface area contributed by atoms with Gasteiger partial charge in [-0.15, -0.1) is 0 Å². The summed E-state index contributed by atoms with van der Waals surface area (Å²) in [6, 6.07) is 0. The fraction of sp³-hybridized carbons (Fsp3) is 0.750. The Balaban J connectivity index is 3.46. The second-order valence-electron chi connectivity index (χ2n) is 1.36. The molecule has 0 aromatic heterocycles. The van der Waals surface area contributed by atoms with Crippen molar-refractivity contribution in [3.05, 3.63) is 0 Å². The molecule has 0 aliphatic heterocycles. The summed E-state index contributed by atoms with van der Waals surface area (Å²) in [7, 11) is 0. The fourth-order valence-electron chi connectivity index (χ4n) is 0.200. The molecule has 0 amide bonds. The standard InChI is InChI=1S/C4H5Cl3O2S/c1-10-3(8)9-2-4(5,6)7/h2H2,1H3. The second kappa shape index (κ2) is 4.54. The number of thioether (sulfide) groups is 1. The van der Waals surface area contributed by atoms with Crippen molar-refractivity contribution in [2.75, 3.05) is 12.9 Å². The predicted octanol–water partition coefficient (Wildman–Crippen LogP) is 2.86. The van der Waals surface area contributed by atoms with E-state index in [1.807, 2.05) is 0 Å². The molecular weight excluding hydrogens is 218 g/mol. The first kappa shape index (κ1) is 10.7. The maximum atomic E-state index is 10.4. The minimum atomic E-state index is -1.51. The molecule has 0 heterocycles. The maximum Gasteiger partial charge on any atom is 0.367 e. The van der Waals surface area contributed by atoms with E-state index in [0.717, 1.165) is 11.8 Å². The lowest BCUT2D eigenvalue weighted by Crippen LogP contribution is -2.14. The van der Waals surface area contributed by atoms with E-state index in [0.29, 0.717) is 0 Å². The van der Waals surface area contributed by atoms with Crippen LogP contribution in [0.15, 0.2) is 0 Å². The van der Waals surface area contributed by atoms with Gasteiger partial charge in [-0.25, -0.2) is 4.79 Å². The highest BCUT2D eigenvalue weighted by molar-refractivity contribution is 8.12. The van der Waals surface area contributed by atoms with E-state index in [-0.39, 0.29) is 6.61 Å². The number of rotatable bonds is 1. The van der Waals surface area contributed by atoms with Gasteiger partial charge in [-0.3, -0.25) is 0 Å². The lowest BCUT2D eigenvalue weighted by Gasteiger charge is -2.09. The summed E-state index contributed by atoms with van der Waals surface area (Å²) in [6.45, 7) is -0.211. The normalized spacial score (nSPS) is 11.2. The summed E-state index contributed by atoms with van der Waals surface area (Å²) in [5, 5.41) is -0.452. The molecule has 0 aromatic carbocycles. The van der Waals surface area contributed by atoms with Crippen LogP contribution in [-0.2, 0) is 4.74 Å². The first-order chi connectivity index (χ1) is 4.45. The van der Waals surface area contributed by atoms with Crippen LogP contribution in [-0.4, -0.2) is 22.0 Å². The van der Waals surface area contributed by atoms with Crippen molar-refractivity contribution >= 4 is 51.9 Å². The molecule has 0 bridgehead atoms. The molecule has 10 heavy (non-hydrogen) atoms. The molecule has 2 nitrogen and oxygen atoms in total. The first-order valence-electron chi connectivity index (χ1n) is 2.23. The van der Waals surface area contributed by atoms with Gasteiger partial charge in [-0.2, -0.15) is 0 Å². The zero-order valence-corrected chi connectivity index (χ0v) is 8.15. The molecule has 0 saturated carbocycles. The highest BCUT2D eigenvalue weighted by atomic mass is 35.6. The third-order valence-corrected chi connectivity index (χ3v) is 1.30. The Bertz CT molecular complexity index is 122. The van der Waals surface area contributed by atoms with Gasteiger partial charge in [0, 0.05) is 0 Å². The second-order valence-corrected chi connectivity index (χ2v) is 4.62. The minimum Gasteiger partial charge on any atom is -0.453 e. The van der Waals surface area contributed by atoms with E-state index in [1.165, 1.54) is 0 Å². The quantitative estimate of drug-likeness (QED) is 0.505. The van der Waals surface area contributed by atoms with Crippen LogP contribution in [0.25, 0.3) is 0 Å². The number of alkyl halides is 3. The number of hydrogen-bond donors (Lipinski definition) is 0. The summed E-state index contributed by atoms with van der Waals surface area (Å²) in [6.07, 6.45) is 1.58. The zero-order chi connectivity index (χ0) is 8.20. The molecule has 0 rings (SSSR count). The van der Waals surface area contributed by atoms with Gasteiger partial charge < -0.3 is 4.74 Å². The molecule has 0 fully saturated rings. The monoisotopic (exact) mass is 222 g/mol. The van der Waals surface area contributed by atoms with E-state index in [4.69, 9.17) is 34.8 Å². The first-order valence-corrected chi connectivity index (χ1v) is 4.59. The third-order valence-electron chi connectivity index (χ3n) is 0.520. The smallest absolute Gasteiger partial charge is 0.367 e. The number of ether oxygens (including phenoxy) is 1. The molecule has 0 radical (unpaired) electrons. The van der Waals surface area contributed by atoms with Crippen molar-refractivity contribution in [2.45, 2.75) is 3.79 Å².